The van der Waals surface area contributed by atoms with E-state index in [1.54, 1.807) is 0 Å². The SMILES string of the molecule is C=C(CCNC(=O)COc1ccc(Cl)c(F)c1)c1nnc(CCOC(F)(F)F)o1. The predicted octanol–water partition coefficient (Wildman–Crippen LogP) is 3.54. The van der Waals surface area contributed by atoms with Gasteiger partial charge in [-0.15, -0.1) is 23.4 Å². The van der Waals surface area contributed by atoms with Gasteiger partial charge in [0.05, 0.1) is 11.6 Å². The number of hydrogen-bond donors (Lipinski definition) is 1. The van der Waals surface area contributed by atoms with Gasteiger partial charge in [0.15, 0.2) is 6.61 Å². The molecule has 12 heteroatoms. The molecule has 0 fully saturated rings. The molecule has 158 valence electrons. The second-order valence-corrected chi connectivity index (χ2v) is 6.02. The molecule has 2 aromatic rings. The number of nitrogens with zero attached hydrogens (tertiary/aromatic N) is 2. The molecule has 29 heavy (non-hydrogen) atoms. The van der Waals surface area contributed by atoms with E-state index in [0.717, 1.165) is 6.07 Å². The Hall–Kier alpha value is -2.66. The van der Waals surface area contributed by atoms with Crippen LogP contribution in [0.4, 0.5) is 17.6 Å². The maximum Gasteiger partial charge on any atom is 0.522 e. The molecule has 1 amide bonds. The smallest absolute Gasteiger partial charge is 0.484 e. The third-order valence-electron chi connectivity index (χ3n) is 3.36. The molecular formula is C17H16ClF4N3O4. The minimum absolute atomic E-state index is 0.0296. The highest BCUT2D eigenvalue weighted by molar-refractivity contribution is 6.30. The van der Waals surface area contributed by atoms with Crippen molar-refractivity contribution >= 4 is 23.1 Å². The fourth-order valence-electron chi connectivity index (χ4n) is 1.98. The first-order valence-electron chi connectivity index (χ1n) is 8.20. The molecule has 0 saturated carbocycles. The van der Waals surface area contributed by atoms with E-state index in [1.165, 1.54) is 12.1 Å². The summed E-state index contributed by atoms with van der Waals surface area (Å²) >= 11 is 5.55. The molecule has 1 heterocycles. The van der Waals surface area contributed by atoms with Crippen molar-refractivity contribution < 1.29 is 36.2 Å². The van der Waals surface area contributed by atoms with Crippen molar-refractivity contribution in [3.63, 3.8) is 0 Å². The molecule has 0 aliphatic heterocycles. The fraction of sp³-hybridized carbons (Fsp3) is 0.353. The van der Waals surface area contributed by atoms with Crippen LogP contribution in [0.2, 0.25) is 5.02 Å². The van der Waals surface area contributed by atoms with Crippen LogP contribution in [0.1, 0.15) is 18.2 Å². The lowest BCUT2D eigenvalue weighted by Gasteiger charge is -2.08. The summed E-state index contributed by atoms with van der Waals surface area (Å²) in [6.07, 6.45) is -4.68. The highest BCUT2D eigenvalue weighted by atomic mass is 35.5. The number of halogens is 5. The normalized spacial score (nSPS) is 11.3. The Labute approximate surface area is 167 Å². The fourth-order valence-corrected chi connectivity index (χ4v) is 2.10. The van der Waals surface area contributed by atoms with Gasteiger partial charge in [-0.3, -0.25) is 9.53 Å². The van der Waals surface area contributed by atoms with Gasteiger partial charge in [0.1, 0.15) is 11.6 Å². The van der Waals surface area contributed by atoms with Crippen molar-refractivity contribution in [3.05, 3.63) is 47.4 Å². The largest absolute Gasteiger partial charge is 0.522 e. The molecule has 1 aromatic heterocycles. The zero-order valence-electron chi connectivity index (χ0n) is 14.9. The third-order valence-corrected chi connectivity index (χ3v) is 3.67. The Morgan fingerprint density at radius 3 is 2.76 bits per heavy atom. The number of benzene rings is 1. The van der Waals surface area contributed by atoms with Crippen molar-refractivity contribution in [2.45, 2.75) is 19.2 Å². The van der Waals surface area contributed by atoms with Gasteiger partial charge in [-0.25, -0.2) is 4.39 Å². The van der Waals surface area contributed by atoms with Crippen LogP contribution in [0.25, 0.3) is 5.57 Å². The van der Waals surface area contributed by atoms with E-state index in [1.807, 2.05) is 0 Å². The zero-order chi connectivity index (χ0) is 21.4. The van der Waals surface area contributed by atoms with Crippen molar-refractivity contribution in [2.75, 3.05) is 19.8 Å². The summed E-state index contributed by atoms with van der Waals surface area (Å²) in [5.41, 5.74) is 0.390. The third kappa shape index (κ3) is 8.08. The predicted molar refractivity (Wildman–Crippen MR) is 93.6 cm³/mol. The molecule has 0 aliphatic carbocycles. The van der Waals surface area contributed by atoms with Crippen LogP contribution in [0.5, 0.6) is 5.75 Å². The number of ether oxygens (including phenoxy) is 2. The molecule has 0 bridgehead atoms. The molecule has 0 radical (unpaired) electrons. The van der Waals surface area contributed by atoms with Gasteiger partial charge in [-0.05, 0) is 18.6 Å². The van der Waals surface area contributed by atoms with Gasteiger partial charge < -0.3 is 14.5 Å². The van der Waals surface area contributed by atoms with Crippen LogP contribution < -0.4 is 10.1 Å². The van der Waals surface area contributed by atoms with Gasteiger partial charge in [0.2, 0.25) is 11.8 Å². The van der Waals surface area contributed by atoms with Gasteiger partial charge >= 0.3 is 6.36 Å². The Kier molecular flexibility index (Phi) is 7.97. The van der Waals surface area contributed by atoms with Crippen molar-refractivity contribution in [2.24, 2.45) is 0 Å². The van der Waals surface area contributed by atoms with E-state index in [-0.39, 0.29) is 48.5 Å². The first-order valence-corrected chi connectivity index (χ1v) is 8.57. The van der Waals surface area contributed by atoms with E-state index >= 15 is 0 Å². The molecule has 2 rings (SSSR count). The number of hydrogen-bond acceptors (Lipinski definition) is 6. The minimum atomic E-state index is -4.73. The number of alkyl halides is 3. The van der Waals surface area contributed by atoms with E-state index < -0.39 is 24.7 Å². The molecule has 0 atom stereocenters. The summed E-state index contributed by atoms with van der Waals surface area (Å²) in [5.74, 6) is -0.944. The van der Waals surface area contributed by atoms with Crippen LogP contribution in [0.15, 0.2) is 29.2 Å². The summed E-state index contributed by atoms with van der Waals surface area (Å²) in [5, 5.41) is 9.79. The second kappa shape index (κ2) is 10.2. The van der Waals surface area contributed by atoms with Gasteiger partial charge in [-0.2, -0.15) is 0 Å². The Bertz CT molecular complexity index is 857. The highest BCUT2D eigenvalue weighted by Crippen LogP contribution is 2.20. The molecule has 1 N–H and O–H groups in total. The Morgan fingerprint density at radius 2 is 2.07 bits per heavy atom. The molecule has 0 saturated heterocycles. The lowest BCUT2D eigenvalue weighted by Crippen LogP contribution is -2.29. The number of carbonyl (C=O) groups is 1. The van der Waals surface area contributed by atoms with Crippen LogP contribution in [0.3, 0.4) is 0 Å². The topological polar surface area (TPSA) is 86.5 Å². The summed E-state index contributed by atoms with van der Waals surface area (Å²) in [6.45, 7) is 2.91. The van der Waals surface area contributed by atoms with E-state index in [2.05, 4.69) is 26.8 Å². The maximum absolute atomic E-state index is 13.3. The van der Waals surface area contributed by atoms with Gasteiger partial charge in [0.25, 0.3) is 5.91 Å². The van der Waals surface area contributed by atoms with Crippen LogP contribution in [-0.2, 0) is 16.0 Å². The van der Waals surface area contributed by atoms with Gasteiger partial charge in [-0.1, -0.05) is 18.2 Å². The lowest BCUT2D eigenvalue weighted by molar-refractivity contribution is -0.324. The standard InChI is InChI=1S/C17H16ClF4N3O4/c1-10(16-25-24-15(29-16)5-7-28-17(20,21)22)4-6-23-14(26)9-27-11-2-3-12(18)13(19)8-11/h2-3,8H,1,4-7,9H2,(H,23,26). The Balaban J connectivity index is 1.68. The first-order chi connectivity index (χ1) is 13.6. The number of carbonyl (C=O) groups excluding carboxylic acids is 1. The number of amides is 1. The van der Waals surface area contributed by atoms with Crippen molar-refractivity contribution in [3.8, 4) is 5.75 Å². The molecule has 0 spiro atoms. The number of nitrogens with one attached hydrogen (secondary N) is 1. The van der Waals surface area contributed by atoms with E-state index in [0.29, 0.717) is 5.57 Å². The quantitative estimate of drug-likeness (QED) is 0.572. The molecular weight excluding hydrogens is 422 g/mol. The molecule has 0 aliphatic rings. The summed E-state index contributed by atoms with van der Waals surface area (Å²) < 4.78 is 63.0. The van der Waals surface area contributed by atoms with E-state index in [9.17, 15) is 22.4 Å². The van der Waals surface area contributed by atoms with Crippen molar-refractivity contribution in [1.82, 2.24) is 15.5 Å². The highest BCUT2D eigenvalue weighted by Gasteiger charge is 2.29. The summed E-state index contributed by atoms with van der Waals surface area (Å²) in [4.78, 5) is 11.7. The second-order valence-electron chi connectivity index (χ2n) is 5.61. The average Bonchev–Trinajstić information content (AvgIpc) is 3.10. The monoisotopic (exact) mass is 437 g/mol. The Morgan fingerprint density at radius 1 is 1.31 bits per heavy atom. The van der Waals surface area contributed by atoms with Crippen LogP contribution in [-0.4, -0.2) is 42.2 Å². The average molecular weight is 438 g/mol. The maximum atomic E-state index is 13.3. The van der Waals surface area contributed by atoms with Crippen molar-refractivity contribution in [1.29, 1.82) is 0 Å². The van der Waals surface area contributed by atoms with Crippen LogP contribution >= 0.6 is 11.6 Å². The van der Waals surface area contributed by atoms with Crippen LogP contribution in [0, 0.1) is 5.82 Å². The first kappa shape index (κ1) is 22.6. The molecule has 0 unspecified atom stereocenters. The van der Waals surface area contributed by atoms with E-state index in [4.69, 9.17) is 20.8 Å². The number of rotatable bonds is 10. The summed E-state index contributed by atoms with van der Waals surface area (Å²) in [6, 6.07) is 3.79. The lowest BCUT2D eigenvalue weighted by atomic mass is 10.2. The minimum Gasteiger partial charge on any atom is -0.484 e. The van der Waals surface area contributed by atoms with Gasteiger partial charge in [0, 0.05) is 24.6 Å². The number of aromatic nitrogens is 2. The molecule has 7 nitrogen and oxygen atoms in total. The molecule has 1 aromatic carbocycles. The zero-order valence-corrected chi connectivity index (χ0v) is 15.6. The summed E-state index contributed by atoms with van der Waals surface area (Å²) in [7, 11) is 0.